The Bertz CT molecular complexity index is 1590. The monoisotopic (exact) mass is 784 g/mol. The van der Waals surface area contributed by atoms with Crippen molar-refractivity contribution in [1.29, 1.82) is 0 Å². The number of esters is 1. The molecule has 57 heavy (non-hydrogen) atoms. The molecule has 7 aliphatic rings. The summed E-state index contributed by atoms with van der Waals surface area (Å²) < 4.78 is 6.23. The summed E-state index contributed by atoms with van der Waals surface area (Å²) in [5.74, 6) is 2.49. The smallest absolute Gasteiger partial charge is 0.870 e. The van der Waals surface area contributed by atoms with Gasteiger partial charge in [-0.2, -0.15) is 0 Å². The molecular formula is C48H76LiN2O6-. The Morgan fingerprint density at radius 3 is 2.11 bits per heavy atom. The van der Waals surface area contributed by atoms with Gasteiger partial charge >= 0.3 is 24.8 Å². The topological polar surface area (TPSA) is 123 Å². The van der Waals surface area contributed by atoms with Crippen molar-refractivity contribution >= 4 is 24.1 Å². The van der Waals surface area contributed by atoms with E-state index < -0.39 is 10.8 Å². The molecule has 2 amide bonds. The van der Waals surface area contributed by atoms with Crippen LogP contribution in [0.25, 0.3) is 0 Å². The van der Waals surface area contributed by atoms with Gasteiger partial charge in [0.1, 0.15) is 6.10 Å². The van der Waals surface area contributed by atoms with E-state index in [0.717, 1.165) is 83.7 Å². The van der Waals surface area contributed by atoms with Crippen molar-refractivity contribution in [3.8, 4) is 0 Å². The van der Waals surface area contributed by atoms with E-state index in [1.54, 1.807) is 13.8 Å². The summed E-state index contributed by atoms with van der Waals surface area (Å²) in [5.41, 5.74) is -0.125. The third-order valence-electron chi connectivity index (χ3n) is 19.1. The first kappa shape index (κ1) is 46.4. The minimum absolute atomic E-state index is 0. The molecule has 0 aromatic heterocycles. The number of nitrogens with one attached hydrogen (secondary N) is 1. The average Bonchev–Trinajstić information content (AvgIpc) is 3.54. The summed E-state index contributed by atoms with van der Waals surface area (Å²) in [6.45, 7) is 28.9. The number of hydrogen-bond acceptors (Lipinski definition) is 6. The Morgan fingerprint density at radius 2 is 1.49 bits per heavy atom. The molecule has 1 aliphatic heterocycles. The van der Waals surface area contributed by atoms with Crippen LogP contribution in [0.3, 0.4) is 0 Å². The fourth-order valence-corrected chi connectivity index (χ4v) is 15.5. The number of carbonyl (C=O) groups excluding carboxylic acids is 4. The van der Waals surface area contributed by atoms with Crippen LogP contribution in [0.4, 0.5) is 0 Å². The molecule has 7 fully saturated rings. The SMILES string of the molecule is C=C(C)[C@@H]1CC[C@]2(C(=O)NC3C[C@H](C(=O)N4CCCCC4)C3(C)C)CC[C@@]3(C)C4CC[C@H]5C(C)(C)[C@@H](OC(=O)CC(C)(C)[C-]=O)CC[C@]5(C)[C@H]4CC[C@]3(C)C12.[Li+].[OH-]. The number of amides is 2. The second-order valence-corrected chi connectivity index (χ2v) is 22.9. The summed E-state index contributed by atoms with van der Waals surface area (Å²) >= 11 is 0. The van der Waals surface area contributed by atoms with Crippen molar-refractivity contribution in [1.82, 2.24) is 10.2 Å². The van der Waals surface area contributed by atoms with Gasteiger partial charge in [0.25, 0.3) is 0 Å². The standard InChI is InChI=1S/C48H75N2O5.Li.H2O/c1-30(2)31-17-22-48(41(54)49-36-27-34(43(36,5)6)40(53)50-25-13-12-14-26-50)24-23-46(10)33-15-16-35-44(7,8)37(55-38(52)28-42(3,4)29-51)19-20-45(35,9)32(33)18-21-47(46,11)39(31)48;;/h31-37,39H,1,12-28H2,2-11H3,(H,49,54);;1H2/q-1;+1;/p-1/t31-,32-,33?,34+,35-,36?,37-,39?,45+,46-,47+,48-;;/m0../s1. The van der Waals surface area contributed by atoms with E-state index in [2.05, 4.69) is 72.2 Å². The predicted octanol–water partition coefficient (Wildman–Crippen LogP) is 6.45. The Morgan fingerprint density at radius 1 is 0.825 bits per heavy atom. The summed E-state index contributed by atoms with van der Waals surface area (Å²) in [6.07, 6.45) is 16.6. The Balaban J connectivity index is 0.00000310. The molecule has 8 nitrogen and oxygen atoms in total. The van der Waals surface area contributed by atoms with Gasteiger partial charge in [-0.1, -0.05) is 74.5 Å². The van der Waals surface area contributed by atoms with Crippen molar-refractivity contribution in [2.45, 2.75) is 178 Å². The molecule has 0 aromatic carbocycles. The molecule has 2 N–H and O–H groups in total. The number of rotatable bonds is 8. The first-order valence-corrected chi connectivity index (χ1v) is 22.4. The Labute approximate surface area is 357 Å². The van der Waals surface area contributed by atoms with Crippen LogP contribution in [-0.2, 0) is 23.9 Å². The van der Waals surface area contributed by atoms with E-state index in [1.807, 2.05) is 6.29 Å². The molecule has 1 saturated heterocycles. The normalized spacial score (nSPS) is 42.8. The van der Waals surface area contributed by atoms with Gasteiger partial charge in [-0.3, -0.25) is 20.7 Å². The molecule has 0 spiro atoms. The first-order chi connectivity index (χ1) is 25.6. The van der Waals surface area contributed by atoms with Crippen molar-refractivity contribution in [3.05, 3.63) is 12.2 Å². The first-order valence-electron chi connectivity index (χ1n) is 22.4. The number of nitrogens with zero attached hydrogens (tertiary/aromatic N) is 1. The summed E-state index contributed by atoms with van der Waals surface area (Å²) in [4.78, 5) is 55.3. The third-order valence-corrected chi connectivity index (χ3v) is 19.1. The maximum absolute atomic E-state index is 15.1. The fourth-order valence-electron chi connectivity index (χ4n) is 15.5. The number of allylic oxidation sites excluding steroid dienone is 1. The van der Waals surface area contributed by atoms with Crippen LogP contribution in [0.1, 0.15) is 166 Å². The molecular weight excluding hydrogens is 707 g/mol. The minimum atomic E-state index is -0.836. The number of carbonyl (C=O) groups is 3. The zero-order valence-electron chi connectivity index (χ0n) is 37.8. The molecule has 0 radical (unpaired) electrons. The number of likely N-dealkylation sites (tertiary alicyclic amines) is 1. The van der Waals surface area contributed by atoms with Crippen LogP contribution in [0.2, 0.25) is 0 Å². The van der Waals surface area contributed by atoms with E-state index in [0.29, 0.717) is 29.6 Å². The van der Waals surface area contributed by atoms with Gasteiger partial charge < -0.3 is 25.2 Å². The summed E-state index contributed by atoms with van der Waals surface area (Å²) in [6, 6.07) is 0.0253. The van der Waals surface area contributed by atoms with Gasteiger partial charge in [-0.25, -0.2) is 0 Å². The van der Waals surface area contributed by atoms with Gasteiger partial charge in [0, 0.05) is 36.9 Å². The van der Waals surface area contributed by atoms with Gasteiger partial charge in [0.15, 0.2) is 0 Å². The Hall–Kier alpha value is -1.62. The fraction of sp³-hybridized carbons (Fsp3) is 0.875. The van der Waals surface area contributed by atoms with Crippen LogP contribution in [0, 0.1) is 73.4 Å². The quantitative estimate of drug-likeness (QED) is 0.131. The number of piperidine rings is 1. The van der Waals surface area contributed by atoms with Crippen LogP contribution < -0.4 is 24.2 Å². The Kier molecular flexibility index (Phi) is 12.8. The van der Waals surface area contributed by atoms with Crippen LogP contribution >= 0.6 is 0 Å². The molecule has 12 atom stereocenters. The molecule has 0 bridgehead atoms. The zero-order chi connectivity index (χ0) is 40.1. The van der Waals surface area contributed by atoms with E-state index in [-0.39, 0.29) is 93.7 Å². The van der Waals surface area contributed by atoms with E-state index in [9.17, 15) is 14.4 Å². The van der Waals surface area contributed by atoms with Crippen LogP contribution in [-0.4, -0.2) is 59.7 Å². The van der Waals surface area contributed by atoms with E-state index in [1.165, 1.54) is 24.8 Å². The molecule has 1 heterocycles. The number of fused-ring (bicyclic) bond motifs is 7. The van der Waals surface area contributed by atoms with Gasteiger partial charge in [0.05, 0.1) is 5.41 Å². The summed E-state index contributed by atoms with van der Waals surface area (Å²) in [5, 5.41) is 3.66. The van der Waals surface area contributed by atoms with E-state index in [4.69, 9.17) is 4.74 Å². The zero-order valence-corrected chi connectivity index (χ0v) is 37.8. The summed E-state index contributed by atoms with van der Waals surface area (Å²) in [7, 11) is 0. The molecule has 9 heteroatoms. The van der Waals surface area contributed by atoms with Crippen molar-refractivity contribution in [3.63, 3.8) is 0 Å². The van der Waals surface area contributed by atoms with Gasteiger partial charge in [-0.15, -0.1) is 5.41 Å². The van der Waals surface area contributed by atoms with Gasteiger partial charge in [-0.05, 0) is 148 Å². The van der Waals surface area contributed by atoms with Crippen LogP contribution in [0.15, 0.2) is 12.2 Å². The second-order valence-electron chi connectivity index (χ2n) is 22.9. The minimum Gasteiger partial charge on any atom is -0.870 e. The maximum Gasteiger partial charge on any atom is 1.00 e. The third kappa shape index (κ3) is 7.06. The molecule has 6 saturated carbocycles. The van der Waals surface area contributed by atoms with E-state index >= 15 is 4.79 Å². The van der Waals surface area contributed by atoms with Crippen LogP contribution in [0.5, 0.6) is 0 Å². The van der Waals surface area contributed by atoms with Crippen molar-refractivity contribution in [2.24, 2.45) is 73.4 Å². The molecule has 7 rings (SSSR count). The molecule has 6 aliphatic carbocycles. The van der Waals surface area contributed by atoms with Crippen molar-refractivity contribution < 1.29 is 48.3 Å². The number of ether oxygens (including phenoxy) is 1. The predicted molar refractivity (Wildman–Crippen MR) is 219 cm³/mol. The average molecular weight is 784 g/mol. The molecule has 0 aromatic rings. The maximum atomic E-state index is 15.1. The molecule has 316 valence electrons. The van der Waals surface area contributed by atoms with Gasteiger partial charge in [0.2, 0.25) is 11.8 Å². The largest absolute Gasteiger partial charge is 1.00 e. The van der Waals surface area contributed by atoms with Crippen molar-refractivity contribution in [2.75, 3.05) is 13.1 Å². The second kappa shape index (κ2) is 15.7. The number of hydrogen-bond donors (Lipinski definition) is 1. The molecule has 3 unspecified atom stereocenters.